The SMILES string of the molecule is CC(NC(=O)C1CNC1)c1ccon1.Cl. The van der Waals surface area contributed by atoms with E-state index in [9.17, 15) is 4.79 Å². The molecule has 0 aliphatic carbocycles. The molecule has 1 fully saturated rings. The molecule has 2 heterocycles. The molecule has 1 aromatic heterocycles. The Morgan fingerprint density at radius 2 is 2.47 bits per heavy atom. The number of rotatable bonds is 3. The lowest BCUT2D eigenvalue weighted by atomic mass is 10.0. The highest BCUT2D eigenvalue weighted by Gasteiger charge is 2.26. The molecule has 1 atom stereocenters. The van der Waals surface area contributed by atoms with Crippen molar-refractivity contribution in [3.63, 3.8) is 0 Å². The predicted molar refractivity (Wildman–Crippen MR) is 56.7 cm³/mol. The second-order valence-electron chi connectivity index (χ2n) is 3.51. The van der Waals surface area contributed by atoms with Crippen LogP contribution in [0.5, 0.6) is 0 Å². The second-order valence-corrected chi connectivity index (χ2v) is 3.51. The third-order valence-electron chi connectivity index (χ3n) is 2.41. The fourth-order valence-corrected chi connectivity index (χ4v) is 1.32. The summed E-state index contributed by atoms with van der Waals surface area (Å²) >= 11 is 0. The van der Waals surface area contributed by atoms with Gasteiger partial charge in [0, 0.05) is 19.2 Å². The van der Waals surface area contributed by atoms with Crippen molar-refractivity contribution in [1.29, 1.82) is 0 Å². The van der Waals surface area contributed by atoms with Gasteiger partial charge in [-0.2, -0.15) is 0 Å². The van der Waals surface area contributed by atoms with Crippen molar-refractivity contribution in [3.8, 4) is 0 Å². The molecule has 1 amide bonds. The summed E-state index contributed by atoms with van der Waals surface area (Å²) in [6, 6.07) is 1.67. The Labute approximate surface area is 94.0 Å². The number of nitrogens with zero attached hydrogens (tertiary/aromatic N) is 1. The van der Waals surface area contributed by atoms with Crippen LogP contribution in [0.15, 0.2) is 16.9 Å². The van der Waals surface area contributed by atoms with E-state index >= 15 is 0 Å². The summed E-state index contributed by atoms with van der Waals surface area (Å²) in [4.78, 5) is 11.5. The van der Waals surface area contributed by atoms with E-state index in [2.05, 4.69) is 15.8 Å². The third-order valence-corrected chi connectivity index (χ3v) is 2.41. The number of hydrogen-bond acceptors (Lipinski definition) is 4. The molecule has 0 spiro atoms. The number of carbonyl (C=O) groups excluding carboxylic acids is 1. The Balaban J connectivity index is 0.00000112. The van der Waals surface area contributed by atoms with Crippen molar-refractivity contribution in [1.82, 2.24) is 15.8 Å². The molecule has 0 bridgehead atoms. The fourth-order valence-electron chi connectivity index (χ4n) is 1.32. The quantitative estimate of drug-likeness (QED) is 0.795. The van der Waals surface area contributed by atoms with Gasteiger partial charge in [0.15, 0.2) is 0 Å². The number of nitrogens with one attached hydrogen (secondary N) is 2. The first kappa shape index (κ1) is 12.0. The van der Waals surface area contributed by atoms with Crippen LogP contribution in [0.4, 0.5) is 0 Å². The van der Waals surface area contributed by atoms with E-state index in [1.165, 1.54) is 6.26 Å². The molecule has 1 aromatic rings. The van der Waals surface area contributed by atoms with Gasteiger partial charge in [0.2, 0.25) is 5.91 Å². The summed E-state index contributed by atoms with van der Waals surface area (Å²) in [6.07, 6.45) is 1.50. The Morgan fingerprint density at radius 1 is 1.73 bits per heavy atom. The average Bonchev–Trinajstić information content (AvgIpc) is 2.51. The number of halogens is 1. The Hall–Kier alpha value is -1.07. The van der Waals surface area contributed by atoms with E-state index < -0.39 is 0 Å². The Bertz CT molecular complexity index is 311. The molecule has 0 radical (unpaired) electrons. The van der Waals surface area contributed by atoms with Gasteiger partial charge in [-0.05, 0) is 6.92 Å². The zero-order valence-electron chi connectivity index (χ0n) is 8.40. The van der Waals surface area contributed by atoms with E-state index in [1.54, 1.807) is 6.07 Å². The van der Waals surface area contributed by atoms with Gasteiger partial charge in [-0.1, -0.05) is 5.16 Å². The van der Waals surface area contributed by atoms with Crippen LogP contribution < -0.4 is 10.6 Å². The van der Waals surface area contributed by atoms with Crippen LogP contribution in [0.2, 0.25) is 0 Å². The largest absolute Gasteiger partial charge is 0.364 e. The molecule has 15 heavy (non-hydrogen) atoms. The van der Waals surface area contributed by atoms with E-state index in [0.29, 0.717) is 0 Å². The molecule has 84 valence electrons. The molecule has 0 saturated carbocycles. The molecule has 2 rings (SSSR count). The highest BCUT2D eigenvalue weighted by Crippen LogP contribution is 2.11. The maximum atomic E-state index is 11.5. The average molecular weight is 232 g/mol. The lowest BCUT2D eigenvalue weighted by Crippen LogP contribution is -2.51. The maximum absolute atomic E-state index is 11.5. The van der Waals surface area contributed by atoms with Gasteiger partial charge >= 0.3 is 0 Å². The minimum atomic E-state index is -0.0816. The molecule has 1 aliphatic heterocycles. The molecule has 5 nitrogen and oxygen atoms in total. The number of aromatic nitrogens is 1. The smallest absolute Gasteiger partial charge is 0.226 e. The van der Waals surface area contributed by atoms with Crippen LogP contribution in [-0.2, 0) is 4.79 Å². The van der Waals surface area contributed by atoms with Gasteiger partial charge in [-0.15, -0.1) is 12.4 Å². The summed E-state index contributed by atoms with van der Waals surface area (Å²) < 4.78 is 4.70. The van der Waals surface area contributed by atoms with Crippen molar-refractivity contribution in [2.45, 2.75) is 13.0 Å². The van der Waals surface area contributed by atoms with Gasteiger partial charge in [0.25, 0.3) is 0 Å². The van der Waals surface area contributed by atoms with Gasteiger partial charge in [-0.25, -0.2) is 0 Å². The third kappa shape index (κ3) is 2.70. The van der Waals surface area contributed by atoms with Gasteiger partial charge in [0.1, 0.15) is 12.0 Å². The first-order chi connectivity index (χ1) is 6.77. The first-order valence-corrected chi connectivity index (χ1v) is 4.68. The second kappa shape index (κ2) is 5.14. The van der Waals surface area contributed by atoms with Crippen LogP contribution in [-0.4, -0.2) is 24.2 Å². The van der Waals surface area contributed by atoms with Gasteiger partial charge in [-0.3, -0.25) is 4.79 Å². The lowest BCUT2D eigenvalue weighted by molar-refractivity contribution is -0.127. The topological polar surface area (TPSA) is 67.2 Å². The minimum absolute atomic E-state index is 0. The summed E-state index contributed by atoms with van der Waals surface area (Å²) in [5.41, 5.74) is 0.755. The molecule has 0 aromatic carbocycles. The molecule has 6 heteroatoms. The van der Waals surface area contributed by atoms with E-state index in [-0.39, 0.29) is 30.3 Å². The van der Waals surface area contributed by atoms with Crippen LogP contribution in [0.25, 0.3) is 0 Å². The monoisotopic (exact) mass is 231 g/mol. The first-order valence-electron chi connectivity index (χ1n) is 4.68. The van der Waals surface area contributed by atoms with Crippen LogP contribution in [0.1, 0.15) is 18.7 Å². The molecule has 1 saturated heterocycles. The minimum Gasteiger partial charge on any atom is -0.364 e. The van der Waals surface area contributed by atoms with E-state index in [0.717, 1.165) is 18.8 Å². The normalized spacial score (nSPS) is 17.4. The van der Waals surface area contributed by atoms with Gasteiger partial charge in [0.05, 0.1) is 12.0 Å². The van der Waals surface area contributed by atoms with E-state index in [1.807, 2.05) is 6.92 Å². The number of amides is 1. The number of hydrogen-bond donors (Lipinski definition) is 2. The Morgan fingerprint density at radius 3 is 2.93 bits per heavy atom. The molecule has 1 unspecified atom stereocenters. The summed E-state index contributed by atoms with van der Waals surface area (Å²) in [7, 11) is 0. The van der Waals surface area contributed by atoms with Gasteiger partial charge < -0.3 is 15.2 Å². The molecule has 1 aliphatic rings. The van der Waals surface area contributed by atoms with Crippen LogP contribution in [0, 0.1) is 5.92 Å². The maximum Gasteiger partial charge on any atom is 0.226 e. The van der Waals surface area contributed by atoms with Crippen molar-refractivity contribution in [2.75, 3.05) is 13.1 Å². The standard InChI is InChI=1S/C9H13N3O2.ClH/c1-6(8-2-3-14-12-8)11-9(13)7-4-10-5-7;/h2-3,6-7,10H,4-5H2,1H3,(H,11,13);1H. The number of carbonyl (C=O) groups is 1. The highest BCUT2D eigenvalue weighted by atomic mass is 35.5. The fraction of sp³-hybridized carbons (Fsp3) is 0.556. The highest BCUT2D eigenvalue weighted by molar-refractivity contribution is 5.85. The van der Waals surface area contributed by atoms with E-state index in [4.69, 9.17) is 4.52 Å². The Kier molecular flexibility index (Phi) is 4.11. The molecular weight excluding hydrogens is 218 g/mol. The zero-order chi connectivity index (χ0) is 9.97. The molecule has 2 N–H and O–H groups in total. The van der Waals surface area contributed by atoms with Crippen LogP contribution >= 0.6 is 12.4 Å². The predicted octanol–water partition coefficient (Wildman–Crippen LogP) is 0.493. The van der Waals surface area contributed by atoms with Crippen molar-refractivity contribution in [3.05, 3.63) is 18.0 Å². The summed E-state index contributed by atoms with van der Waals surface area (Å²) in [5, 5.41) is 9.70. The molecular formula is C9H14ClN3O2. The zero-order valence-corrected chi connectivity index (χ0v) is 9.21. The summed E-state index contributed by atoms with van der Waals surface area (Å²) in [5.74, 6) is 0.198. The van der Waals surface area contributed by atoms with Crippen molar-refractivity contribution in [2.24, 2.45) is 5.92 Å². The van der Waals surface area contributed by atoms with Crippen LogP contribution in [0.3, 0.4) is 0 Å². The van der Waals surface area contributed by atoms with Crippen molar-refractivity contribution < 1.29 is 9.32 Å². The van der Waals surface area contributed by atoms with Crippen molar-refractivity contribution >= 4 is 18.3 Å². The summed E-state index contributed by atoms with van der Waals surface area (Å²) in [6.45, 7) is 3.44. The lowest BCUT2D eigenvalue weighted by Gasteiger charge is -2.27.